The second-order valence-electron chi connectivity index (χ2n) is 6.69. The zero-order chi connectivity index (χ0) is 16.5. The zero-order valence-corrected chi connectivity index (χ0v) is 16.5. The van der Waals surface area contributed by atoms with E-state index in [4.69, 9.17) is 0 Å². The largest absolute Gasteiger partial charge is 0.0683 e. The van der Waals surface area contributed by atoms with Gasteiger partial charge in [-0.05, 0) is 30.1 Å². The van der Waals surface area contributed by atoms with Crippen molar-refractivity contribution >= 4 is 0 Å². The highest BCUT2D eigenvalue weighted by Gasteiger charge is 2.07. The van der Waals surface area contributed by atoms with Crippen LogP contribution in [0.15, 0.2) is 0 Å². The van der Waals surface area contributed by atoms with Crippen LogP contribution >= 0.6 is 0 Å². The molecule has 0 aromatic heterocycles. The zero-order valence-electron chi connectivity index (χ0n) is 16.5. The molecular formula is C19H46. The topological polar surface area (TPSA) is 0 Å². The molecule has 0 aromatic rings. The van der Waals surface area contributed by atoms with Crippen LogP contribution in [-0.2, 0) is 0 Å². The van der Waals surface area contributed by atoms with Gasteiger partial charge >= 0.3 is 0 Å². The molecule has 0 bridgehead atoms. The van der Waals surface area contributed by atoms with E-state index in [2.05, 4.69) is 55.4 Å². The highest BCUT2D eigenvalue weighted by atomic mass is 14.1. The molecule has 0 aliphatic rings. The van der Waals surface area contributed by atoms with Crippen molar-refractivity contribution < 1.29 is 0 Å². The Bertz CT molecular complexity index is 108. The Morgan fingerprint density at radius 3 is 1.11 bits per heavy atom. The van der Waals surface area contributed by atoms with Crippen molar-refractivity contribution in [1.82, 2.24) is 0 Å². The van der Waals surface area contributed by atoms with E-state index in [0.717, 1.165) is 11.8 Å². The fourth-order valence-electron chi connectivity index (χ4n) is 1.65. The van der Waals surface area contributed by atoms with Crippen molar-refractivity contribution in [2.45, 2.75) is 109 Å². The molecule has 19 heavy (non-hydrogen) atoms. The van der Waals surface area contributed by atoms with Crippen molar-refractivity contribution in [3.05, 3.63) is 0 Å². The molecular weight excluding hydrogens is 228 g/mol. The second-order valence-corrected chi connectivity index (χ2v) is 6.69. The van der Waals surface area contributed by atoms with Crippen LogP contribution in [0.25, 0.3) is 0 Å². The maximum atomic E-state index is 2.29. The van der Waals surface area contributed by atoms with Gasteiger partial charge in [-0.25, -0.2) is 0 Å². The van der Waals surface area contributed by atoms with Crippen molar-refractivity contribution in [1.29, 1.82) is 0 Å². The summed E-state index contributed by atoms with van der Waals surface area (Å²) in [6, 6.07) is 0. The summed E-state index contributed by atoms with van der Waals surface area (Å²) in [6.07, 6.45) is 5.43. The van der Waals surface area contributed by atoms with Crippen molar-refractivity contribution in [2.75, 3.05) is 0 Å². The summed E-state index contributed by atoms with van der Waals surface area (Å²) in [5, 5.41) is 0. The van der Waals surface area contributed by atoms with Gasteiger partial charge in [-0.2, -0.15) is 0 Å². The first-order valence-electron chi connectivity index (χ1n) is 8.69. The normalized spacial score (nSPS) is 9.79. The Labute approximate surface area is 126 Å². The molecule has 0 saturated carbocycles. The van der Waals surface area contributed by atoms with E-state index in [1.807, 2.05) is 27.7 Å². The van der Waals surface area contributed by atoms with E-state index in [9.17, 15) is 0 Å². The van der Waals surface area contributed by atoms with Crippen LogP contribution in [0.4, 0.5) is 0 Å². The van der Waals surface area contributed by atoms with Gasteiger partial charge in [-0.1, -0.05) is 95.9 Å². The van der Waals surface area contributed by atoms with Crippen molar-refractivity contribution in [3.63, 3.8) is 0 Å². The Balaban J connectivity index is -0.0000000941. The van der Waals surface area contributed by atoms with E-state index in [1.54, 1.807) is 0 Å². The predicted molar refractivity (Wildman–Crippen MR) is 96.0 cm³/mol. The molecule has 0 aliphatic carbocycles. The highest BCUT2D eigenvalue weighted by Crippen LogP contribution is 2.20. The molecule has 0 aliphatic heterocycles. The average molecular weight is 275 g/mol. The third kappa shape index (κ3) is 56.9. The molecule has 0 heteroatoms. The first-order valence-corrected chi connectivity index (χ1v) is 8.69. The minimum atomic E-state index is 0.552. The average Bonchev–Trinajstić information content (AvgIpc) is 2.30. The standard InChI is InChI=1S/C8H18.C7H16.2C2H6/c1-5-6-7-8(2,3)4;1-6(2)5-7(3)4;2*1-2/h5-7H2,1-4H3;6-7H,5H2,1-4H3;2*1-2H3. The van der Waals surface area contributed by atoms with E-state index in [0.29, 0.717) is 5.41 Å². The first kappa shape index (κ1) is 27.4. The summed E-state index contributed by atoms with van der Waals surface area (Å²) in [4.78, 5) is 0. The summed E-state index contributed by atoms with van der Waals surface area (Å²) < 4.78 is 0. The molecule has 0 N–H and O–H groups in total. The van der Waals surface area contributed by atoms with Gasteiger partial charge in [0.15, 0.2) is 0 Å². The molecule has 122 valence electrons. The molecule has 0 fully saturated rings. The van der Waals surface area contributed by atoms with Gasteiger partial charge in [-0.15, -0.1) is 0 Å². The summed E-state index contributed by atoms with van der Waals surface area (Å²) in [6.45, 7) is 26.2. The second kappa shape index (κ2) is 20.3. The number of hydrogen-bond acceptors (Lipinski definition) is 0. The van der Waals surface area contributed by atoms with Crippen LogP contribution in [-0.4, -0.2) is 0 Å². The van der Waals surface area contributed by atoms with Gasteiger partial charge in [-0.3, -0.25) is 0 Å². The van der Waals surface area contributed by atoms with Crippen molar-refractivity contribution in [2.24, 2.45) is 17.3 Å². The quantitative estimate of drug-likeness (QED) is 0.487. The van der Waals surface area contributed by atoms with Gasteiger partial charge in [0.05, 0.1) is 0 Å². The first-order chi connectivity index (χ1) is 8.69. The minimum Gasteiger partial charge on any atom is -0.0683 e. The van der Waals surface area contributed by atoms with Gasteiger partial charge in [0, 0.05) is 0 Å². The smallest absolute Gasteiger partial charge is 0.0383 e. The van der Waals surface area contributed by atoms with Crippen LogP contribution in [0.2, 0.25) is 0 Å². The summed E-state index contributed by atoms with van der Waals surface area (Å²) in [5.74, 6) is 1.75. The van der Waals surface area contributed by atoms with Crippen LogP contribution in [0.1, 0.15) is 109 Å². The Kier molecular flexibility index (Phi) is 29.3. The molecule has 0 saturated heterocycles. The molecule has 0 amide bonds. The van der Waals surface area contributed by atoms with Crippen LogP contribution < -0.4 is 0 Å². The van der Waals surface area contributed by atoms with Gasteiger partial charge < -0.3 is 0 Å². The lowest BCUT2D eigenvalue weighted by Gasteiger charge is -2.16. The summed E-state index contributed by atoms with van der Waals surface area (Å²) >= 11 is 0. The lowest BCUT2D eigenvalue weighted by molar-refractivity contribution is 0.363. The molecule has 0 unspecified atom stereocenters. The third-order valence-corrected chi connectivity index (χ3v) is 2.22. The SMILES string of the molecule is CC.CC.CC(C)CC(C)C.CCCCC(C)(C)C. The monoisotopic (exact) mass is 274 g/mol. The van der Waals surface area contributed by atoms with Crippen molar-refractivity contribution in [3.8, 4) is 0 Å². The molecule has 0 atom stereocenters. The third-order valence-electron chi connectivity index (χ3n) is 2.22. The fraction of sp³-hybridized carbons (Fsp3) is 1.00. The van der Waals surface area contributed by atoms with E-state index in [-0.39, 0.29) is 0 Å². The maximum absolute atomic E-state index is 2.29. The summed E-state index contributed by atoms with van der Waals surface area (Å²) in [5.41, 5.74) is 0.552. The molecule has 0 nitrogen and oxygen atoms in total. The van der Waals surface area contributed by atoms with Crippen LogP contribution in [0.5, 0.6) is 0 Å². The Morgan fingerprint density at radius 1 is 0.737 bits per heavy atom. The maximum Gasteiger partial charge on any atom is -0.0383 e. The molecule has 0 rings (SSSR count). The Morgan fingerprint density at radius 2 is 1.05 bits per heavy atom. The van der Waals surface area contributed by atoms with Gasteiger partial charge in [0.25, 0.3) is 0 Å². The lowest BCUT2D eigenvalue weighted by atomic mass is 9.90. The fourth-order valence-corrected chi connectivity index (χ4v) is 1.65. The summed E-state index contributed by atoms with van der Waals surface area (Å²) in [7, 11) is 0. The number of hydrogen-bond donors (Lipinski definition) is 0. The number of unbranched alkanes of at least 4 members (excludes halogenated alkanes) is 1. The van der Waals surface area contributed by atoms with E-state index < -0.39 is 0 Å². The lowest BCUT2D eigenvalue weighted by Crippen LogP contribution is -2.03. The minimum absolute atomic E-state index is 0.552. The molecule has 0 aromatic carbocycles. The van der Waals surface area contributed by atoms with Gasteiger partial charge in [0.1, 0.15) is 0 Å². The predicted octanol–water partition coefficient (Wildman–Crippen LogP) is 7.96. The van der Waals surface area contributed by atoms with E-state index in [1.165, 1.54) is 25.7 Å². The van der Waals surface area contributed by atoms with E-state index >= 15 is 0 Å². The molecule has 0 radical (unpaired) electrons. The van der Waals surface area contributed by atoms with Crippen LogP contribution in [0, 0.1) is 17.3 Å². The molecule has 0 spiro atoms. The highest BCUT2D eigenvalue weighted by molar-refractivity contribution is 4.59. The number of rotatable bonds is 4. The van der Waals surface area contributed by atoms with Gasteiger partial charge in [0.2, 0.25) is 0 Å². The molecule has 0 heterocycles. The van der Waals surface area contributed by atoms with Crippen LogP contribution in [0.3, 0.4) is 0 Å². The Hall–Kier alpha value is 0.